The van der Waals surface area contributed by atoms with Crippen LogP contribution in [0.3, 0.4) is 0 Å². The molecule has 0 saturated carbocycles. The molecule has 0 saturated heterocycles. The van der Waals surface area contributed by atoms with E-state index in [2.05, 4.69) is 22.9 Å². The van der Waals surface area contributed by atoms with Crippen LogP contribution in [0.15, 0.2) is 72.8 Å². The first-order valence-corrected chi connectivity index (χ1v) is 11.3. The molecule has 166 valence electrons. The second kappa shape index (κ2) is 10.1. The van der Waals surface area contributed by atoms with Gasteiger partial charge in [-0.1, -0.05) is 42.5 Å². The maximum atomic E-state index is 12.4. The Labute approximate surface area is 194 Å². The Hall–Kier alpha value is -4.04. The van der Waals surface area contributed by atoms with Crippen LogP contribution >= 0.6 is 0 Å². The molecule has 33 heavy (non-hydrogen) atoms. The number of aryl methyl sites for hydroxylation is 2. The Morgan fingerprint density at radius 2 is 1.79 bits per heavy atom. The molecule has 0 unspecified atom stereocenters. The normalized spacial score (nSPS) is 10.7. The van der Waals surface area contributed by atoms with Gasteiger partial charge in [-0.2, -0.15) is 5.26 Å². The van der Waals surface area contributed by atoms with Crippen LogP contribution in [0, 0.1) is 11.3 Å². The topological polar surface area (TPSA) is 67.0 Å². The number of nitrogens with one attached hydrogen (secondary N) is 1. The molecular formula is C28H27N3O2. The fraction of sp³-hybridized carbons (Fsp3) is 0.214. The minimum Gasteiger partial charge on any atom is -0.494 e. The van der Waals surface area contributed by atoms with E-state index >= 15 is 0 Å². The highest BCUT2D eigenvalue weighted by Gasteiger charge is 2.18. The van der Waals surface area contributed by atoms with E-state index in [-0.39, 0.29) is 5.91 Å². The first-order valence-electron chi connectivity index (χ1n) is 11.3. The van der Waals surface area contributed by atoms with Crippen molar-refractivity contribution >= 4 is 22.5 Å². The monoisotopic (exact) mass is 437 g/mol. The standard InChI is InChI=1S/C28H27N3O2/c1-3-31-26-18-23(33-4-2)15-16-24(26)25(19-29)28(31)21-11-13-22(14-12-21)30-27(32)17-10-20-8-6-5-7-9-20/h5-9,11-16,18H,3-4,10,17H2,1-2H3,(H,30,32). The molecule has 1 N–H and O–H groups in total. The zero-order valence-corrected chi connectivity index (χ0v) is 19.0. The highest BCUT2D eigenvalue weighted by Crippen LogP contribution is 2.35. The van der Waals surface area contributed by atoms with E-state index in [0.29, 0.717) is 25.0 Å². The second-order valence-corrected chi connectivity index (χ2v) is 7.80. The number of hydrogen-bond donors (Lipinski definition) is 1. The Balaban J connectivity index is 1.57. The van der Waals surface area contributed by atoms with Crippen LogP contribution in [-0.2, 0) is 17.8 Å². The fourth-order valence-corrected chi connectivity index (χ4v) is 4.16. The third-order valence-corrected chi connectivity index (χ3v) is 5.70. The van der Waals surface area contributed by atoms with Crippen LogP contribution < -0.4 is 10.1 Å². The second-order valence-electron chi connectivity index (χ2n) is 7.80. The van der Waals surface area contributed by atoms with E-state index in [1.807, 2.05) is 79.7 Å². The fourth-order valence-electron chi connectivity index (χ4n) is 4.16. The number of nitrogens with zero attached hydrogens (tertiary/aromatic N) is 2. The van der Waals surface area contributed by atoms with Crippen molar-refractivity contribution in [3.05, 3.63) is 83.9 Å². The summed E-state index contributed by atoms with van der Waals surface area (Å²) in [4.78, 5) is 12.4. The van der Waals surface area contributed by atoms with Crippen molar-refractivity contribution in [3.8, 4) is 23.1 Å². The lowest BCUT2D eigenvalue weighted by Crippen LogP contribution is -2.12. The van der Waals surface area contributed by atoms with E-state index in [4.69, 9.17) is 4.74 Å². The van der Waals surface area contributed by atoms with Gasteiger partial charge in [0.25, 0.3) is 0 Å². The van der Waals surface area contributed by atoms with Gasteiger partial charge >= 0.3 is 0 Å². The molecule has 4 aromatic rings. The van der Waals surface area contributed by atoms with Crippen molar-refractivity contribution in [3.63, 3.8) is 0 Å². The number of fused-ring (bicyclic) bond motifs is 1. The lowest BCUT2D eigenvalue weighted by Gasteiger charge is -2.11. The smallest absolute Gasteiger partial charge is 0.224 e. The third kappa shape index (κ3) is 4.75. The number of anilines is 1. The van der Waals surface area contributed by atoms with Gasteiger partial charge in [-0.25, -0.2) is 0 Å². The molecule has 5 nitrogen and oxygen atoms in total. The highest BCUT2D eigenvalue weighted by atomic mass is 16.5. The van der Waals surface area contributed by atoms with E-state index < -0.39 is 0 Å². The highest BCUT2D eigenvalue weighted by molar-refractivity contribution is 5.96. The van der Waals surface area contributed by atoms with Gasteiger partial charge in [0.2, 0.25) is 5.91 Å². The van der Waals surface area contributed by atoms with Gasteiger partial charge in [0.1, 0.15) is 11.8 Å². The van der Waals surface area contributed by atoms with Gasteiger partial charge in [0.15, 0.2) is 0 Å². The van der Waals surface area contributed by atoms with Crippen molar-refractivity contribution in [2.24, 2.45) is 0 Å². The van der Waals surface area contributed by atoms with E-state index in [1.165, 1.54) is 0 Å². The Morgan fingerprint density at radius 3 is 2.45 bits per heavy atom. The number of ether oxygens (including phenoxy) is 1. The van der Waals surface area contributed by atoms with Crippen molar-refractivity contribution in [2.45, 2.75) is 33.2 Å². The molecule has 1 aromatic heterocycles. The predicted octanol–water partition coefficient (Wildman–Crippen LogP) is 6.17. The number of hydrogen-bond acceptors (Lipinski definition) is 3. The molecule has 0 radical (unpaired) electrons. The summed E-state index contributed by atoms with van der Waals surface area (Å²) < 4.78 is 7.81. The maximum absolute atomic E-state index is 12.4. The summed E-state index contributed by atoms with van der Waals surface area (Å²) in [5.41, 5.74) is 5.33. The summed E-state index contributed by atoms with van der Waals surface area (Å²) in [5, 5.41) is 13.8. The number of rotatable bonds is 8. The molecule has 0 atom stereocenters. The summed E-state index contributed by atoms with van der Waals surface area (Å²) in [7, 11) is 0. The van der Waals surface area contributed by atoms with Gasteiger partial charge in [0.05, 0.1) is 23.4 Å². The zero-order valence-electron chi connectivity index (χ0n) is 19.0. The lowest BCUT2D eigenvalue weighted by molar-refractivity contribution is -0.116. The number of carbonyl (C=O) groups is 1. The molecular weight excluding hydrogens is 410 g/mol. The average Bonchev–Trinajstić information content (AvgIpc) is 3.17. The van der Waals surface area contributed by atoms with Crippen LogP contribution in [0.2, 0.25) is 0 Å². The van der Waals surface area contributed by atoms with Crippen LogP contribution in [-0.4, -0.2) is 17.1 Å². The molecule has 0 aliphatic heterocycles. The Bertz CT molecular complexity index is 1300. The number of amides is 1. The molecule has 1 amide bonds. The van der Waals surface area contributed by atoms with Crippen molar-refractivity contribution in [2.75, 3.05) is 11.9 Å². The Kier molecular flexibility index (Phi) is 6.75. The molecule has 0 bridgehead atoms. The van der Waals surface area contributed by atoms with E-state index in [1.54, 1.807) is 0 Å². The quantitative estimate of drug-likeness (QED) is 0.358. The molecule has 0 fully saturated rings. The van der Waals surface area contributed by atoms with Crippen LogP contribution in [0.1, 0.15) is 31.4 Å². The largest absolute Gasteiger partial charge is 0.494 e. The summed E-state index contributed by atoms with van der Waals surface area (Å²) in [6.07, 6.45) is 1.13. The van der Waals surface area contributed by atoms with Gasteiger partial charge in [-0.05, 0) is 55.7 Å². The van der Waals surface area contributed by atoms with Crippen molar-refractivity contribution in [1.82, 2.24) is 4.57 Å². The van der Waals surface area contributed by atoms with Crippen molar-refractivity contribution < 1.29 is 9.53 Å². The summed E-state index contributed by atoms with van der Waals surface area (Å²) in [6, 6.07) is 25.9. The predicted molar refractivity (Wildman–Crippen MR) is 132 cm³/mol. The molecule has 4 rings (SSSR count). The van der Waals surface area contributed by atoms with E-state index in [9.17, 15) is 10.1 Å². The molecule has 0 spiro atoms. The number of nitriles is 1. The summed E-state index contributed by atoms with van der Waals surface area (Å²) >= 11 is 0. The summed E-state index contributed by atoms with van der Waals surface area (Å²) in [5.74, 6) is 0.775. The number of benzene rings is 3. The van der Waals surface area contributed by atoms with E-state index in [0.717, 1.165) is 45.7 Å². The minimum absolute atomic E-state index is 0.0181. The number of carbonyl (C=O) groups excluding carboxylic acids is 1. The third-order valence-electron chi connectivity index (χ3n) is 5.70. The minimum atomic E-state index is -0.0181. The Morgan fingerprint density at radius 1 is 1.03 bits per heavy atom. The maximum Gasteiger partial charge on any atom is 0.224 e. The van der Waals surface area contributed by atoms with Crippen LogP contribution in [0.4, 0.5) is 5.69 Å². The SMILES string of the molecule is CCOc1ccc2c(C#N)c(-c3ccc(NC(=O)CCc4ccccc4)cc3)n(CC)c2c1. The van der Waals surface area contributed by atoms with Crippen LogP contribution in [0.5, 0.6) is 5.75 Å². The first kappa shape index (κ1) is 22.2. The van der Waals surface area contributed by atoms with Gasteiger partial charge < -0.3 is 14.6 Å². The van der Waals surface area contributed by atoms with Crippen LogP contribution in [0.25, 0.3) is 22.2 Å². The molecule has 1 heterocycles. The number of aromatic nitrogens is 1. The lowest BCUT2D eigenvalue weighted by atomic mass is 10.1. The van der Waals surface area contributed by atoms with Gasteiger partial charge in [0, 0.05) is 30.1 Å². The van der Waals surface area contributed by atoms with Gasteiger partial charge in [-0.3, -0.25) is 4.79 Å². The van der Waals surface area contributed by atoms with Crippen molar-refractivity contribution in [1.29, 1.82) is 5.26 Å². The zero-order chi connectivity index (χ0) is 23.2. The molecule has 3 aromatic carbocycles. The van der Waals surface area contributed by atoms with Gasteiger partial charge in [-0.15, -0.1) is 0 Å². The molecule has 0 aliphatic carbocycles. The first-order chi connectivity index (χ1) is 16.1. The summed E-state index contributed by atoms with van der Waals surface area (Å²) in [6.45, 7) is 5.34. The average molecular weight is 438 g/mol. The molecule has 5 heteroatoms. The molecule has 0 aliphatic rings.